The number of hydrogen-bond acceptors (Lipinski definition) is 3. The Hall–Kier alpha value is -0.900. The quantitative estimate of drug-likeness (QED) is 0.624. The first-order valence-electron chi connectivity index (χ1n) is 7.81. The summed E-state index contributed by atoms with van der Waals surface area (Å²) in [6.07, 6.45) is 9.59. The molecule has 0 aliphatic rings. The summed E-state index contributed by atoms with van der Waals surface area (Å²) in [5, 5.41) is 7.74. The average molecular weight is 266 g/mol. The maximum atomic E-state index is 4.33. The van der Waals surface area contributed by atoms with E-state index in [2.05, 4.69) is 36.2 Å². The lowest BCUT2D eigenvalue weighted by atomic mass is 10.1. The van der Waals surface area contributed by atoms with Gasteiger partial charge < -0.3 is 5.32 Å². The van der Waals surface area contributed by atoms with Gasteiger partial charge in [-0.25, -0.2) is 9.67 Å². The molecule has 1 rings (SSSR count). The molecule has 0 fully saturated rings. The minimum atomic E-state index is 0.676. The van der Waals surface area contributed by atoms with E-state index in [9.17, 15) is 0 Å². The monoisotopic (exact) mass is 266 g/mol. The first-order chi connectivity index (χ1) is 9.24. The second kappa shape index (κ2) is 9.96. The van der Waals surface area contributed by atoms with Gasteiger partial charge in [-0.15, -0.1) is 0 Å². The van der Waals surface area contributed by atoms with Gasteiger partial charge in [-0.3, -0.25) is 0 Å². The fourth-order valence-corrected chi connectivity index (χ4v) is 2.13. The molecule has 1 aromatic rings. The molecule has 110 valence electrons. The Bertz CT molecular complexity index is 320. The highest BCUT2D eigenvalue weighted by molar-refractivity contribution is 4.83. The molecule has 0 aliphatic heterocycles. The van der Waals surface area contributed by atoms with E-state index in [1.54, 1.807) is 6.33 Å². The summed E-state index contributed by atoms with van der Waals surface area (Å²) in [5.74, 6) is 1.74. The van der Waals surface area contributed by atoms with E-state index in [1.165, 1.54) is 38.5 Å². The number of hydrogen-bond donors (Lipinski definition) is 1. The Balaban J connectivity index is 2.17. The smallest absolute Gasteiger partial charge is 0.140 e. The topological polar surface area (TPSA) is 42.7 Å². The molecule has 0 aliphatic carbocycles. The molecule has 0 aromatic carbocycles. The molecule has 1 heterocycles. The van der Waals surface area contributed by atoms with Crippen LogP contribution in [0.2, 0.25) is 0 Å². The van der Waals surface area contributed by atoms with Gasteiger partial charge in [0.1, 0.15) is 12.2 Å². The normalized spacial score (nSPS) is 11.4. The average Bonchev–Trinajstić information content (AvgIpc) is 2.81. The van der Waals surface area contributed by atoms with Crippen molar-refractivity contribution < 1.29 is 0 Å². The molecule has 0 saturated heterocycles. The fraction of sp³-hybridized carbons (Fsp3) is 0.867. The van der Waals surface area contributed by atoms with Crippen molar-refractivity contribution in [2.75, 3.05) is 6.54 Å². The van der Waals surface area contributed by atoms with E-state index < -0.39 is 0 Å². The zero-order chi connectivity index (χ0) is 13.9. The van der Waals surface area contributed by atoms with E-state index >= 15 is 0 Å². The number of aryl methyl sites for hydroxylation is 1. The zero-order valence-electron chi connectivity index (χ0n) is 12.9. The fourth-order valence-electron chi connectivity index (χ4n) is 2.13. The second-order valence-corrected chi connectivity index (χ2v) is 5.69. The van der Waals surface area contributed by atoms with Crippen LogP contribution in [0.4, 0.5) is 0 Å². The van der Waals surface area contributed by atoms with Gasteiger partial charge in [-0.2, -0.15) is 5.10 Å². The van der Waals surface area contributed by atoms with Crippen molar-refractivity contribution in [2.24, 2.45) is 5.92 Å². The van der Waals surface area contributed by atoms with Gasteiger partial charge in [0.2, 0.25) is 0 Å². The van der Waals surface area contributed by atoms with E-state index in [0.29, 0.717) is 5.92 Å². The SMILES string of the molecule is CCCCCCCCn1ncnc1CNCC(C)C. The molecule has 0 unspecified atom stereocenters. The molecular weight excluding hydrogens is 236 g/mol. The van der Waals surface area contributed by atoms with Gasteiger partial charge in [0.05, 0.1) is 6.54 Å². The largest absolute Gasteiger partial charge is 0.310 e. The molecule has 0 spiro atoms. The molecule has 1 aromatic heterocycles. The lowest BCUT2D eigenvalue weighted by Crippen LogP contribution is -2.21. The Morgan fingerprint density at radius 1 is 1.16 bits per heavy atom. The van der Waals surface area contributed by atoms with E-state index in [1.807, 2.05) is 4.68 Å². The summed E-state index contributed by atoms with van der Waals surface area (Å²) in [7, 11) is 0. The summed E-state index contributed by atoms with van der Waals surface area (Å²) >= 11 is 0. The minimum Gasteiger partial charge on any atom is -0.310 e. The molecule has 0 amide bonds. The van der Waals surface area contributed by atoms with Crippen LogP contribution in [0.5, 0.6) is 0 Å². The van der Waals surface area contributed by atoms with Crippen LogP contribution in [0.3, 0.4) is 0 Å². The van der Waals surface area contributed by atoms with E-state index in [4.69, 9.17) is 0 Å². The Labute approximate surface area is 118 Å². The Kier molecular flexibility index (Phi) is 8.47. The van der Waals surface area contributed by atoms with Gasteiger partial charge in [0, 0.05) is 6.54 Å². The number of rotatable bonds is 11. The van der Waals surface area contributed by atoms with E-state index in [-0.39, 0.29) is 0 Å². The maximum Gasteiger partial charge on any atom is 0.140 e. The summed E-state index contributed by atoms with van der Waals surface area (Å²) in [6.45, 7) is 9.55. The molecule has 4 heteroatoms. The number of nitrogens with one attached hydrogen (secondary N) is 1. The summed E-state index contributed by atoms with van der Waals surface area (Å²) in [5.41, 5.74) is 0. The Morgan fingerprint density at radius 3 is 2.63 bits per heavy atom. The molecule has 0 radical (unpaired) electrons. The molecule has 1 N–H and O–H groups in total. The number of aromatic nitrogens is 3. The first-order valence-corrected chi connectivity index (χ1v) is 7.81. The van der Waals surface area contributed by atoms with E-state index in [0.717, 1.165) is 25.5 Å². The number of nitrogens with zero attached hydrogens (tertiary/aromatic N) is 3. The maximum absolute atomic E-state index is 4.33. The van der Waals surface area contributed by atoms with Crippen LogP contribution < -0.4 is 5.32 Å². The molecule has 19 heavy (non-hydrogen) atoms. The molecular formula is C15H30N4. The minimum absolute atomic E-state index is 0.676. The van der Waals surface area contributed by atoms with Crippen molar-refractivity contribution in [2.45, 2.75) is 72.4 Å². The highest BCUT2D eigenvalue weighted by atomic mass is 15.3. The van der Waals surface area contributed by atoms with Crippen LogP contribution in [-0.4, -0.2) is 21.3 Å². The third-order valence-electron chi connectivity index (χ3n) is 3.25. The van der Waals surface area contributed by atoms with Gasteiger partial charge in [-0.05, 0) is 18.9 Å². The predicted molar refractivity (Wildman–Crippen MR) is 79.9 cm³/mol. The molecule has 4 nitrogen and oxygen atoms in total. The highest BCUT2D eigenvalue weighted by Gasteiger charge is 2.04. The predicted octanol–water partition coefficient (Wildman–Crippen LogP) is 3.38. The van der Waals surface area contributed by atoms with Crippen LogP contribution in [0.25, 0.3) is 0 Å². The Morgan fingerprint density at radius 2 is 1.89 bits per heavy atom. The summed E-state index contributed by atoms with van der Waals surface area (Å²) in [6, 6.07) is 0. The summed E-state index contributed by atoms with van der Waals surface area (Å²) < 4.78 is 2.05. The third-order valence-corrected chi connectivity index (χ3v) is 3.25. The van der Waals surface area contributed by atoms with Gasteiger partial charge in [-0.1, -0.05) is 52.9 Å². The van der Waals surface area contributed by atoms with Crippen molar-refractivity contribution in [3.63, 3.8) is 0 Å². The lowest BCUT2D eigenvalue weighted by molar-refractivity contribution is 0.486. The van der Waals surface area contributed by atoms with Crippen molar-refractivity contribution >= 4 is 0 Å². The van der Waals surface area contributed by atoms with Crippen molar-refractivity contribution in [1.82, 2.24) is 20.1 Å². The van der Waals surface area contributed by atoms with Crippen LogP contribution >= 0.6 is 0 Å². The van der Waals surface area contributed by atoms with Crippen LogP contribution in [0.1, 0.15) is 65.1 Å². The second-order valence-electron chi connectivity index (χ2n) is 5.69. The van der Waals surface area contributed by atoms with Gasteiger partial charge in [0.15, 0.2) is 0 Å². The zero-order valence-corrected chi connectivity index (χ0v) is 12.9. The lowest BCUT2D eigenvalue weighted by Gasteiger charge is -2.09. The molecule has 0 bridgehead atoms. The first kappa shape index (κ1) is 16.2. The highest BCUT2D eigenvalue weighted by Crippen LogP contribution is 2.06. The van der Waals surface area contributed by atoms with Crippen LogP contribution in [0.15, 0.2) is 6.33 Å². The van der Waals surface area contributed by atoms with Crippen LogP contribution in [-0.2, 0) is 13.1 Å². The van der Waals surface area contributed by atoms with Gasteiger partial charge >= 0.3 is 0 Å². The standard InChI is InChI=1S/C15H30N4/c1-4-5-6-7-8-9-10-19-15(17-13-18-19)12-16-11-14(2)3/h13-14,16H,4-12H2,1-3H3. The van der Waals surface area contributed by atoms with Crippen LogP contribution in [0, 0.1) is 5.92 Å². The third kappa shape index (κ3) is 7.31. The van der Waals surface area contributed by atoms with Crippen molar-refractivity contribution in [3.05, 3.63) is 12.2 Å². The summed E-state index contributed by atoms with van der Waals surface area (Å²) in [4.78, 5) is 4.33. The van der Waals surface area contributed by atoms with Gasteiger partial charge in [0.25, 0.3) is 0 Å². The molecule has 0 saturated carbocycles. The van der Waals surface area contributed by atoms with Crippen molar-refractivity contribution in [3.8, 4) is 0 Å². The number of unbranched alkanes of at least 4 members (excludes halogenated alkanes) is 5. The molecule has 0 atom stereocenters. The van der Waals surface area contributed by atoms with Crippen molar-refractivity contribution in [1.29, 1.82) is 0 Å².